The lowest BCUT2D eigenvalue weighted by atomic mass is 9.98. The van der Waals surface area contributed by atoms with Gasteiger partial charge in [-0.25, -0.2) is 0 Å². The van der Waals surface area contributed by atoms with Crippen LogP contribution in [0.1, 0.15) is 18.4 Å². The van der Waals surface area contributed by atoms with Crippen molar-refractivity contribution in [1.82, 2.24) is 0 Å². The topological polar surface area (TPSA) is 23.8 Å². The molecule has 1 saturated carbocycles. The van der Waals surface area contributed by atoms with E-state index in [1.165, 1.54) is 9.13 Å². The summed E-state index contributed by atoms with van der Waals surface area (Å²) in [7, 11) is 0. The van der Waals surface area contributed by atoms with E-state index in [0.717, 1.165) is 19.3 Å². The number of nitriles is 1. The first-order valence-electron chi connectivity index (χ1n) is 4.40. The van der Waals surface area contributed by atoms with Crippen LogP contribution < -0.4 is 0 Å². The predicted molar refractivity (Wildman–Crippen MR) is 60.1 cm³/mol. The second kappa shape index (κ2) is 3.30. The molecule has 0 heterocycles. The Kier molecular flexibility index (Phi) is 2.29. The van der Waals surface area contributed by atoms with Crippen molar-refractivity contribution in [3.63, 3.8) is 0 Å². The number of hydrogen-bond donors (Lipinski definition) is 0. The van der Waals surface area contributed by atoms with Crippen LogP contribution in [0.25, 0.3) is 0 Å². The molecule has 0 aliphatic heterocycles. The Bertz CT molecular complexity index is 343. The maximum absolute atomic E-state index is 8.92. The Morgan fingerprint density at radius 2 is 1.92 bits per heavy atom. The molecule has 1 aliphatic carbocycles. The summed E-state index contributed by atoms with van der Waals surface area (Å²) in [4.78, 5) is 0. The zero-order valence-electron chi connectivity index (χ0n) is 7.26. The van der Waals surface area contributed by atoms with Crippen LogP contribution in [-0.4, -0.2) is 0 Å². The van der Waals surface area contributed by atoms with Crippen LogP contribution in [0.2, 0.25) is 0 Å². The molecule has 0 unspecified atom stereocenters. The summed E-state index contributed by atoms with van der Waals surface area (Å²) < 4.78 is 1.25. The van der Waals surface area contributed by atoms with Crippen LogP contribution in [0.5, 0.6) is 0 Å². The van der Waals surface area contributed by atoms with Crippen LogP contribution in [-0.2, 0) is 6.42 Å². The van der Waals surface area contributed by atoms with Crippen molar-refractivity contribution in [3.05, 3.63) is 33.4 Å². The predicted octanol–water partition coefficient (Wildman–Crippen LogP) is 3.14. The standard InChI is InChI=1S/C11H10IN/c12-10-3-1-9(2-4-10)7-11(8-13)5-6-11/h1-4H,5-7H2. The lowest BCUT2D eigenvalue weighted by molar-refractivity contribution is 0.665. The Labute approximate surface area is 91.9 Å². The fourth-order valence-electron chi connectivity index (χ4n) is 1.47. The molecule has 1 nitrogen and oxygen atoms in total. The van der Waals surface area contributed by atoms with E-state index in [1.807, 2.05) is 0 Å². The summed E-state index contributed by atoms with van der Waals surface area (Å²) in [5.41, 5.74) is 1.28. The molecule has 0 aromatic heterocycles. The molecule has 1 aliphatic rings. The molecule has 0 atom stereocenters. The zero-order valence-corrected chi connectivity index (χ0v) is 9.41. The first-order valence-corrected chi connectivity index (χ1v) is 5.48. The fraction of sp³-hybridized carbons (Fsp3) is 0.364. The fourth-order valence-corrected chi connectivity index (χ4v) is 1.83. The van der Waals surface area contributed by atoms with Gasteiger partial charge in [0, 0.05) is 3.57 Å². The summed E-state index contributed by atoms with van der Waals surface area (Å²) in [6, 6.07) is 10.9. The van der Waals surface area contributed by atoms with E-state index in [-0.39, 0.29) is 5.41 Å². The van der Waals surface area contributed by atoms with Crippen molar-refractivity contribution in [2.75, 3.05) is 0 Å². The summed E-state index contributed by atoms with van der Waals surface area (Å²) >= 11 is 2.29. The van der Waals surface area contributed by atoms with Crippen LogP contribution in [0, 0.1) is 20.3 Å². The third kappa shape index (κ3) is 2.02. The van der Waals surface area contributed by atoms with Gasteiger partial charge in [-0.15, -0.1) is 0 Å². The smallest absolute Gasteiger partial charge is 0.0693 e. The lowest BCUT2D eigenvalue weighted by Gasteiger charge is -2.04. The molecule has 0 spiro atoms. The van der Waals surface area contributed by atoms with Gasteiger partial charge < -0.3 is 0 Å². The van der Waals surface area contributed by atoms with Gasteiger partial charge in [-0.1, -0.05) is 12.1 Å². The van der Waals surface area contributed by atoms with Crippen LogP contribution in [0.15, 0.2) is 24.3 Å². The molecule has 1 fully saturated rings. The normalized spacial score (nSPS) is 17.8. The van der Waals surface area contributed by atoms with Gasteiger partial charge in [0.05, 0.1) is 11.5 Å². The maximum atomic E-state index is 8.92. The lowest BCUT2D eigenvalue weighted by Crippen LogP contribution is -2.00. The van der Waals surface area contributed by atoms with E-state index in [1.54, 1.807) is 0 Å². The highest BCUT2D eigenvalue weighted by molar-refractivity contribution is 14.1. The zero-order chi connectivity index (χ0) is 9.31. The van der Waals surface area contributed by atoms with Crippen molar-refractivity contribution < 1.29 is 0 Å². The van der Waals surface area contributed by atoms with E-state index in [9.17, 15) is 0 Å². The third-order valence-electron chi connectivity index (χ3n) is 2.55. The minimum Gasteiger partial charge on any atom is -0.198 e. The highest BCUT2D eigenvalue weighted by Gasteiger charge is 2.42. The van der Waals surface area contributed by atoms with Crippen molar-refractivity contribution in [2.24, 2.45) is 5.41 Å². The minimum absolute atomic E-state index is 0.00715. The SMILES string of the molecule is N#CC1(Cc2ccc(I)cc2)CC1. The molecular weight excluding hydrogens is 273 g/mol. The number of rotatable bonds is 2. The van der Waals surface area contributed by atoms with Crippen molar-refractivity contribution in [1.29, 1.82) is 5.26 Å². The molecule has 1 aromatic carbocycles. The summed E-state index contributed by atoms with van der Waals surface area (Å²) in [6.07, 6.45) is 3.09. The van der Waals surface area contributed by atoms with Crippen molar-refractivity contribution in [2.45, 2.75) is 19.3 Å². The van der Waals surface area contributed by atoms with E-state index in [2.05, 4.69) is 52.9 Å². The van der Waals surface area contributed by atoms with Gasteiger partial charge >= 0.3 is 0 Å². The molecule has 66 valence electrons. The van der Waals surface area contributed by atoms with Gasteiger partial charge in [-0.05, 0) is 59.5 Å². The molecule has 2 rings (SSSR count). The van der Waals surface area contributed by atoms with Crippen LogP contribution in [0.4, 0.5) is 0 Å². The second-order valence-corrected chi connectivity index (χ2v) is 4.94. The quantitative estimate of drug-likeness (QED) is 0.765. The third-order valence-corrected chi connectivity index (χ3v) is 3.27. The summed E-state index contributed by atoms with van der Waals surface area (Å²) in [5, 5.41) is 8.92. The van der Waals surface area contributed by atoms with E-state index < -0.39 is 0 Å². The number of benzene rings is 1. The van der Waals surface area contributed by atoms with Gasteiger partial charge in [-0.2, -0.15) is 5.26 Å². The van der Waals surface area contributed by atoms with Gasteiger partial charge in [0.2, 0.25) is 0 Å². The van der Waals surface area contributed by atoms with E-state index in [4.69, 9.17) is 5.26 Å². The monoisotopic (exact) mass is 283 g/mol. The Hall–Kier alpha value is -0.560. The average molecular weight is 283 g/mol. The molecular formula is C11H10IN. The molecule has 0 bridgehead atoms. The molecule has 2 heteroatoms. The minimum atomic E-state index is -0.00715. The highest BCUT2D eigenvalue weighted by Crippen LogP contribution is 2.47. The van der Waals surface area contributed by atoms with E-state index >= 15 is 0 Å². The Morgan fingerprint density at radius 3 is 2.38 bits per heavy atom. The highest BCUT2D eigenvalue weighted by atomic mass is 127. The average Bonchev–Trinajstić information content (AvgIpc) is 2.90. The molecule has 0 saturated heterocycles. The first kappa shape index (κ1) is 9.01. The van der Waals surface area contributed by atoms with Gasteiger partial charge in [0.1, 0.15) is 0 Å². The summed E-state index contributed by atoms with van der Waals surface area (Å²) in [5.74, 6) is 0. The first-order chi connectivity index (χ1) is 6.24. The molecule has 0 N–H and O–H groups in total. The van der Waals surface area contributed by atoms with Crippen molar-refractivity contribution >= 4 is 22.6 Å². The molecule has 0 amide bonds. The Balaban J connectivity index is 2.11. The Morgan fingerprint density at radius 1 is 1.31 bits per heavy atom. The summed E-state index contributed by atoms with van der Waals surface area (Å²) in [6.45, 7) is 0. The number of halogens is 1. The largest absolute Gasteiger partial charge is 0.198 e. The number of hydrogen-bond acceptors (Lipinski definition) is 1. The number of nitrogens with zero attached hydrogens (tertiary/aromatic N) is 1. The molecule has 13 heavy (non-hydrogen) atoms. The molecule has 1 aromatic rings. The second-order valence-electron chi connectivity index (χ2n) is 3.70. The van der Waals surface area contributed by atoms with Gasteiger partial charge in [0.15, 0.2) is 0 Å². The van der Waals surface area contributed by atoms with E-state index in [0.29, 0.717) is 0 Å². The van der Waals surface area contributed by atoms with Gasteiger partial charge in [0.25, 0.3) is 0 Å². The molecule has 0 radical (unpaired) electrons. The van der Waals surface area contributed by atoms with Crippen LogP contribution >= 0.6 is 22.6 Å². The maximum Gasteiger partial charge on any atom is 0.0693 e. The van der Waals surface area contributed by atoms with Crippen LogP contribution in [0.3, 0.4) is 0 Å². The van der Waals surface area contributed by atoms with Gasteiger partial charge in [-0.3, -0.25) is 0 Å². The van der Waals surface area contributed by atoms with Crippen molar-refractivity contribution in [3.8, 4) is 6.07 Å².